The Morgan fingerprint density at radius 2 is 0.641 bits per heavy atom. The number of fused-ring (bicyclic) bond motifs is 8. The highest BCUT2D eigenvalue weighted by Crippen LogP contribution is 2.48. The first-order valence-corrected chi connectivity index (χ1v) is 27.6. The third-order valence-electron chi connectivity index (χ3n) is 16.3. The Kier molecular flexibility index (Phi) is 11.2. The predicted molar refractivity (Wildman–Crippen MR) is 326 cm³/mol. The molecule has 0 bridgehead atoms. The smallest absolute Gasteiger partial charge is 0.256 e. The van der Waals surface area contributed by atoms with Crippen LogP contribution in [0.25, 0.3) is 0 Å². The molecule has 4 aliphatic heterocycles. The van der Waals surface area contributed by atoms with Crippen molar-refractivity contribution in [2.75, 3.05) is 9.80 Å². The van der Waals surface area contributed by atoms with E-state index in [-0.39, 0.29) is 35.1 Å². The van der Waals surface area contributed by atoms with Gasteiger partial charge >= 0.3 is 0 Å². The fourth-order valence-electron chi connectivity index (χ4n) is 12.1. The molecule has 0 aliphatic carbocycles. The highest BCUT2D eigenvalue weighted by atomic mass is 16.5. The van der Waals surface area contributed by atoms with E-state index in [0.29, 0.717) is 11.5 Å². The van der Waals surface area contributed by atoms with E-state index in [4.69, 9.17) is 18.9 Å². The summed E-state index contributed by atoms with van der Waals surface area (Å²) in [6.07, 6.45) is 0. The minimum Gasteiger partial charge on any atom is -0.458 e. The Bertz CT molecular complexity index is 3590. The number of ether oxygens (including phenoxy) is 4. The van der Waals surface area contributed by atoms with Gasteiger partial charge in [0.2, 0.25) is 0 Å². The maximum Gasteiger partial charge on any atom is 0.256 e. The largest absolute Gasteiger partial charge is 0.458 e. The lowest BCUT2D eigenvalue weighted by Crippen LogP contribution is -2.63. The van der Waals surface area contributed by atoms with Crippen molar-refractivity contribution in [1.29, 1.82) is 0 Å². The SMILES string of the molecule is CC(C)(C)c1ccc(Oc2cc3c4c(c2)N(c2ccc(C(C)(C)C)cc2)c2ccccc2B4c2cc4c(cc2O3)Oc2cc(Oc3ccc(C(C)(C)C)cc3)cc3c2B4c2ccccc2N3c2ccc(C(C)(C)C)cc2)cc1. The molecule has 0 amide bonds. The molecule has 9 aromatic rings. The molecule has 0 saturated carbocycles. The van der Waals surface area contributed by atoms with Gasteiger partial charge in [-0.05, 0) is 137 Å². The molecule has 0 saturated heterocycles. The quantitative estimate of drug-likeness (QED) is 0.155. The van der Waals surface area contributed by atoms with E-state index in [2.05, 4.69) is 275 Å². The van der Waals surface area contributed by atoms with Gasteiger partial charge in [-0.1, -0.05) is 174 Å². The standard InChI is InChI=1S/C70H66B2N2O4/c1-67(2,3)43-21-29-47(30-22-43)73-57-19-15-13-17-53(57)71-55-41-56-62(42-61(55)77-63-39-51(37-59(73)65(63)71)75-49-33-25-45(26-34-49)69(7,8)9)78-64-40-52(76-50-35-27-46(28-36-50)70(10,11)12)38-60-66(64)72(56)54-18-14-16-20-58(54)74(60)48-31-23-44(24-32-48)68(4,5)6/h13-42H,1-12H3. The van der Waals surface area contributed by atoms with Crippen molar-refractivity contribution < 1.29 is 18.9 Å². The molecule has 0 unspecified atom stereocenters. The molecule has 0 radical (unpaired) electrons. The number of rotatable bonds is 6. The minimum atomic E-state index is -0.163. The highest BCUT2D eigenvalue weighted by Gasteiger charge is 2.47. The van der Waals surface area contributed by atoms with E-state index < -0.39 is 0 Å². The second kappa shape index (κ2) is 17.7. The molecule has 9 aromatic carbocycles. The fraction of sp³-hybridized carbons (Fsp3) is 0.229. The zero-order chi connectivity index (χ0) is 54.2. The van der Waals surface area contributed by atoms with Gasteiger partial charge in [0.25, 0.3) is 13.4 Å². The molecule has 4 aliphatic rings. The van der Waals surface area contributed by atoms with Gasteiger partial charge in [0.15, 0.2) is 0 Å². The van der Waals surface area contributed by atoms with E-state index >= 15 is 0 Å². The Labute approximate surface area is 461 Å². The van der Waals surface area contributed by atoms with Crippen LogP contribution in [0.4, 0.5) is 34.1 Å². The van der Waals surface area contributed by atoms with Gasteiger partial charge in [-0.25, -0.2) is 0 Å². The number of nitrogens with zero attached hydrogens (tertiary/aromatic N) is 2. The van der Waals surface area contributed by atoms with Crippen LogP contribution in [0.3, 0.4) is 0 Å². The molecule has 0 N–H and O–H groups in total. The minimum absolute atomic E-state index is 0.00436. The number of hydrogen-bond donors (Lipinski definition) is 0. The Hall–Kier alpha value is -8.09. The van der Waals surface area contributed by atoms with Gasteiger partial charge in [-0.2, -0.15) is 0 Å². The van der Waals surface area contributed by atoms with Crippen LogP contribution in [0.5, 0.6) is 46.0 Å². The van der Waals surface area contributed by atoms with E-state index in [1.165, 1.54) is 33.2 Å². The summed E-state index contributed by atoms with van der Waals surface area (Å²) in [7, 11) is 0. The lowest BCUT2D eigenvalue weighted by Gasteiger charge is -2.42. The van der Waals surface area contributed by atoms with Gasteiger partial charge in [-0.3, -0.25) is 0 Å². The Balaban J connectivity index is 0.985. The average Bonchev–Trinajstić information content (AvgIpc) is 3.51. The molecule has 13 rings (SSSR count). The summed E-state index contributed by atoms with van der Waals surface area (Å²) in [5.41, 5.74) is 18.3. The predicted octanol–water partition coefficient (Wildman–Crippen LogP) is 15.3. The van der Waals surface area contributed by atoms with Crippen molar-refractivity contribution in [3.8, 4) is 46.0 Å². The van der Waals surface area contributed by atoms with Crippen molar-refractivity contribution in [2.24, 2.45) is 0 Å². The summed E-state index contributed by atoms with van der Waals surface area (Å²) < 4.78 is 28.2. The maximum atomic E-state index is 7.28. The molecule has 0 atom stereocenters. The number of para-hydroxylation sites is 2. The van der Waals surface area contributed by atoms with Crippen LogP contribution < -0.4 is 61.5 Å². The molecule has 0 aromatic heterocycles. The van der Waals surface area contributed by atoms with E-state index in [1.54, 1.807) is 0 Å². The Morgan fingerprint density at radius 1 is 0.308 bits per heavy atom. The number of benzene rings is 9. The van der Waals surface area contributed by atoms with Gasteiger partial charge in [0, 0.05) is 64.5 Å². The average molecular weight is 1020 g/mol. The molecular weight excluding hydrogens is 954 g/mol. The fourth-order valence-corrected chi connectivity index (χ4v) is 12.1. The highest BCUT2D eigenvalue weighted by molar-refractivity contribution is 7.02. The van der Waals surface area contributed by atoms with Crippen molar-refractivity contribution in [2.45, 2.75) is 105 Å². The molecular formula is C70H66B2N2O4. The molecule has 78 heavy (non-hydrogen) atoms. The third kappa shape index (κ3) is 8.43. The van der Waals surface area contributed by atoms with Crippen LogP contribution in [0.2, 0.25) is 0 Å². The van der Waals surface area contributed by atoms with Gasteiger partial charge in [-0.15, -0.1) is 0 Å². The van der Waals surface area contributed by atoms with Gasteiger partial charge < -0.3 is 28.7 Å². The maximum absolute atomic E-state index is 7.28. The lowest BCUT2D eigenvalue weighted by atomic mass is 9.31. The van der Waals surface area contributed by atoms with Gasteiger partial charge in [0.05, 0.1) is 0 Å². The Morgan fingerprint density at radius 3 is 0.987 bits per heavy atom. The van der Waals surface area contributed by atoms with E-state index in [0.717, 1.165) is 90.5 Å². The number of hydrogen-bond acceptors (Lipinski definition) is 6. The molecule has 8 heteroatoms. The zero-order valence-electron chi connectivity index (χ0n) is 47.0. The van der Waals surface area contributed by atoms with E-state index in [1.807, 2.05) is 0 Å². The summed E-state index contributed by atoms with van der Waals surface area (Å²) in [6.45, 7) is 26.6. The van der Waals surface area contributed by atoms with E-state index in [9.17, 15) is 0 Å². The zero-order valence-corrected chi connectivity index (χ0v) is 47.0. The van der Waals surface area contributed by atoms with Crippen LogP contribution in [-0.2, 0) is 21.7 Å². The third-order valence-corrected chi connectivity index (χ3v) is 16.3. The van der Waals surface area contributed by atoms with Crippen molar-refractivity contribution >= 4 is 80.3 Å². The van der Waals surface area contributed by atoms with Crippen LogP contribution in [-0.4, -0.2) is 13.4 Å². The summed E-state index contributed by atoms with van der Waals surface area (Å²) in [4.78, 5) is 4.79. The monoisotopic (exact) mass is 1020 g/mol. The molecule has 0 spiro atoms. The summed E-state index contributed by atoms with van der Waals surface area (Å²) in [6, 6.07) is 65.8. The second-order valence-corrected chi connectivity index (χ2v) is 25.8. The second-order valence-electron chi connectivity index (χ2n) is 25.8. The van der Waals surface area contributed by atoms with Crippen LogP contribution in [0, 0.1) is 0 Å². The first-order chi connectivity index (χ1) is 37.2. The molecule has 6 nitrogen and oxygen atoms in total. The first-order valence-electron chi connectivity index (χ1n) is 27.6. The van der Waals surface area contributed by atoms with Crippen molar-refractivity contribution in [3.05, 3.63) is 204 Å². The number of anilines is 6. The summed E-state index contributed by atoms with van der Waals surface area (Å²) in [5.74, 6) is 5.91. The van der Waals surface area contributed by atoms with Crippen LogP contribution in [0.15, 0.2) is 182 Å². The summed E-state index contributed by atoms with van der Waals surface area (Å²) >= 11 is 0. The normalized spacial score (nSPS) is 14.0. The summed E-state index contributed by atoms with van der Waals surface area (Å²) in [5, 5.41) is 0. The topological polar surface area (TPSA) is 43.4 Å². The molecule has 386 valence electrons. The van der Waals surface area contributed by atoms with Crippen LogP contribution >= 0.6 is 0 Å². The molecule has 0 fully saturated rings. The lowest BCUT2D eigenvalue weighted by molar-refractivity contribution is 0.451. The molecule has 4 heterocycles. The van der Waals surface area contributed by atoms with Crippen molar-refractivity contribution in [1.82, 2.24) is 0 Å². The van der Waals surface area contributed by atoms with Gasteiger partial charge in [0.1, 0.15) is 46.0 Å². The van der Waals surface area contributed by atoms with Crippen LogP contribution in [0.1, 0.15) is 105 Å². The first kappa shape index (κ1) is 49.5. The van der Waals surface area contributed by atoms with Crippen molar-refractivity contribution in [3.63, 3.8) is 0 Å².